The molecule has 0 saturated carbocycles. The number of alkyl halides is 1. The minimum Gasteiger partial charge on any atom is -0.263 e. The number of hydrogen-bond acceptors (Lipinski definition) is 2. The maximum absolute atomic E-state index is 9.86. The summed E-state index contributed by atoms with van der Waals surface area (Å²) in [5.41, 5.74) is 0. The average molecular weight is 137 g/mol. The molecule has 0 aromatic heterocycles. The third-order valence-corrected chi connectivity index (χ3v) is 1.27. The Kier molecular flexibility index (Phi) is 2.22. The van der Waals surface area contributed by atoms with E-state index in [-0.39, 0.29) is 6.42 Å². The zero-order valence-corrected chi connectivity index (χ0v) is 5.31. The molecule has 0 aliphatic rings. The number of hydrogen-bond donors (Lipinski definition) is 0. The summed E-state index contributed by atoms with van der Waals surface area (Å²) in [6.45, 7) is 4.77. The second-order valence-corrected chi connectivity index (χ2v) is 2.23. The topological polar surface area (TPSA) is 43.1 Å². The average Bonchev–Trinajstić information content (AvgIpc) is 1.67. The smallest absolute Gasteiger partial charge is 0.263 e. The van der Waals surface area contributed by atoms with E-state index in [2.05, 4.69) is 6.92 Å². The van der Waals surface area contributed by atoms with Crippen LogP contribution >= 0.6 is 11.6 Å². The highest BCUT2D eigenvalue weighted by molar-refractivity contribution is 6.23. The molecule has 0 aromatic carbocycles. The Morgan fingerprint density at radius 3 is 2.38 bits per heavy atom. The lowest BCUT2D eigenvalue weighted by atomic mass is 10.3. The Morgan fingerprint density at radius 2 is 2.38 bits per heavy atom. The van der Waals surface area contributed by atoms with Gasteiger partial charge in [0.15, 0.2) is 0 Å². The first-order chi connectivity index (χ1) is 3.50. The molecule has 0 fully saturated rings. The molecule has 3 nitrogen and oxygen atoms in total. The van der Waals surface area contributed by atoms with E-state index >= 15 is 0 Å². The van der Waals surface area contributed by atoms with Gasteiger partial charge in [0, 0.05) is 18.3 Å². The van der Waals surface area contributed by atoms with Crippen LogP contribution in [0.2, 0.25) is 0 Å². The van der Waals surface area contributed by atoms with E-state index in [1.807, 2.05) is 0 Å². The summed E-state index contributed by atoms with van der Waals surface area (Å²) in [6, 6.07) is 0. The quantitative estimate of drug-likeness (QED) is 0.250. The maximum atomic E-state index is 9.86. The molecule has 0 aromatic rings. The van der Waals surface area contributed by atoms with Crippen LogP contribution in [0.5, 0.6) is 0 Å². The van der Waals surface area contributed by atoms with E-state index in [1.54, 1.807) is 6.92 Å². The van der Waals surface area contributed by atoms with E-state index in [4.69, 9.17) is 11.6 Å². The highest BCUT2D eigenvalue weighted by Crippen LogP contribution is 2.17. The van der Waals surface area contributed by atoms with Crippen molar-refractivity contribution >= 4 is 11.6 Å². The first-order valence-corrected chi connectivity index (χ1v) is 2.57. The van der Waals surface area contributed by atoms with E-state index in [1.165, 1.54) is 0 Å². The minimum atomic E-state index is -1.51. The zero-order chi connectivity index (χ0) is 6.78. The monoisotopic (exact) mass is 136 g/mol. The lowest BCUT2D eigenvalue weighted by Crippen LogP contribution is -2.26. The van der Waals surface area contributed by atoms with Crippen LogP contribution in [0.1, 0.15) is 13.3 Å². The molecule has 1 radical (unpaired) electrons. The van der Waals surface area contributed by atoms with Gasteiger partial charge in [-0.05, 0) is 11.6 Å². The summed E-state index contributed by atoms with van der Waals surface area (Å²) < 4.78 is 0. The molecule has 0 spiro atoms. The molecule has 0 saturated heterocycles. The van der Waals surface area contributed by atoms with Gasteiger partial charge in [-0.15, -0.1) is 0 Å². The van der Waals surface area contributed by atoms with Crippen LogP contribution in [0.15, 0.2) is 0 Å². The molecular formula is C4H7ClNO2. The maximum Gasteiger partial charge on any atom is 0.295 e. The van der Waals surface area contributed by atoms with Crippen molar-refractivity contribution in [3.63, 3.8) is 0 Å². The van der Waals surface area contributed by atoms with Gasteiger partial charge < -0.3 is 0 Å². The summed E-state index contributed by atoms with van der Waals surface area (Å²) in [6.07, 6.45) is 0.238. The van der Waals surface area contributed by atoms with Gasteiger partial charge >= 0.3 is 0 Å². The van der Waals surface area contributed by atoms with Crippen LogP contribution < -0.4 is 0 Å². The lowest BCUT2D eigenvalue weighted by Gasteiger charge is -2.07. The number of halogens is 1. The standard InChI is InChI=1S/C4H7ClNO2/c1-3-4(2,5)6(7)8/h2-3H2,1H3. The second kappa shape index (κ2) is 2.31. The van der Waals surface area contributed by atoms with Gasteiger partial charge in [-0.1, -0.05) is 6.92 Å². The fourth-order valence-corrected chi connectivity index (χ4v) is 0.129. The highest BCUT2D eigenvalue weighted by Gasteiger charge is 2.31. The molecule has 4 heteroatoms. The molecule has 0 aliphatic carbocycles. The van der Waals surface area contributed by atoms with Gasteiger partial charge in [0.2, 0.25) is 0 Å². The van der Waals surface area contributed by atoms with Gasteiger partial charge in [-0.25, -0.2) is 0 Å². The molecule has 47 valence electrons. The van der Waals surface area contributed by atoms with Crippen molar-refractivity contribution in [2.24, 2.45) is 0 Å². The predicted octanol–water partition coefficient (Wildman–Crippen LogP) is 1.44. The molecular weight excluding hydrogens is 130 g/mol. The van der Waals surface area contributed by atoms with Crippen molar-refractivity contribution < 1.29 is 4.92 Å². The largest absolute Gasteiger partial charge is 0.295 e. The van der Waals surface area contributed by atoms with Crippen LogP contribution in [0.4, 0.5) is 0 Å². The first-order valence-electron chi connectivity index (χ1n) is 2.19. The summed E-state index contributed by atoms with van der Waals surface area (Å²) in [4.78, 5) is 7.75. The van der Waals surface area contributed by atoms with Crippen LogP contribution in [-0.2, 0) is 0 Å². The Balaban J connectivity index is 3.91. The second-order valence-electron chi connectivity index (χ2n) is 1.53. The summed E-state index contributed by atoms with van der Waals surface area (Å²) in [5, 5.41) is 9.86. The van der Waals surface area contributed by atoms with Gasteiger partial charge in [-0.2, -0.15) is 0 Å². The Bertz CT molecular complexity index is 102. The van der Waals surface area contributed by atoms with Crippen LogP contribution in [0, 0.1) is 17.0 Å². The van der Waals surface area contributed by atoms with Gasteiger partial charge in [0.1, 0.15) is 0 Å². The van der Waals surface area contributed by atoms with E-state index in [9.17, 15) is 10.1 Å². The van der Waals surface area contributed by atoms with Crippen molar-refractivity contribution in [1.82, 2.24) is 0 Å². The summed E-state index contributed by atoms with van der Waals surface area (Å²) in [5.74, 6) is 0. The third-order valence-electron chi connectivity index (χ3n) is 0.869. The molecule has 1 unspecified atom stereocenters. The Morgan fingerprint density at radius 1 is 2.00 bits per heavy atom. The van der Waals surface area contributed by atoms with Crippen LogP contribution in [0.3, 0.4) is 0 Å². The van der Waals surface area contributed by atoms with Crippen LogP contribution in [0.25, 0.3) is 0 Å². The van der Waals surface area contributed by atoms with Crippen molar-refractivity contribution in [2.75, 3.05) is 0 Å². The fraction of sp³-hybridized carbons (Fsp3) is 0.750. The van der Waals surface area contributed by atoms with Gasteiger partial charge in [0.25, 0.3) is 5.00 Å². The molecule has 0 heterocycles. The molecule has 0 rings (SSSR count). The lowest BCUT2D eigenvalue weighted by molar-refractivity contribution is -0.529. The van der Waals surface area contributed by atoms with Crippen molar-refractivity contribution in [3.8, 4) is 0 Å². The molecule has 8 heavy (non-hydrogen) atoms. The molecule has 1 atom stereocenters. The van der Waals surface area contributed by atoms with Crippen molar-refractivity contribution in [3.05, 3.63) is 17.0 Å². The first kappa shape index (κ1) is 7.69. The van der Waals surface area contributed by atoms with Crippen molar-refractivity contribution in [2.45, 2.75) is 18.3 Å². The van der Waals surface area contributed by atoms with E-state index in [0.717, 1.165) is 0 Å². The molecule has 0 bridgehead atoms. The summed E-state index contributed by atoms with van der Waals surface area (Å²) in [7, 11) is 0. The van der Waals surface area contributed by atoms with E-state index < -0.39 is 9.92 Å². The SMILES string of the molecule is [CH2]C(Cl)(CC)[N+](=O)[O-]. The third kappa shape index (κ3) is 1.66. The molecule has 0 N–H and O–H groups in total. The summed E-state index contributed by atoms with van der Waals surface area (Å²) >= 11 is 5.25. The zero-order valence-electron chi connectivity index (χ0n) is 4.56. The van der Waals surface area contributed by atoms with Crippen molar-refractivity contribution in [1.29, 1.82) is 0 Å². The Hall–Kier alpha value is -0.310. The molecule has 0 amide bonds. The number of nitrogens with zero attached hydrogens (tertiary/aromatic N) is 1. The van der Waals surface area contributed by atoms with Gasteiger partial charge in [0.05, 0.1) is 0 Å². The number of nitro groups is 1. The van der Waals surface area contributed by atoms with Gasteiger partial charge in [-0.3, -0.25) is 10.1 Å². The number of rotatable bonds is 2. The normalized spacial score (nSPS) is 17.4. The minimum absolute atomic E-state index is 0.238. The van der Waals surface area contributed by atoms with Crippen LogP contribution in [-0.4, -0.2) is 9.92 Å². The molecule has 0 aliphatic heterocycles. The fourth-order valence-electron chi connectivity index (χ4n) is 0.129. The van der Waals surface area contributed by atoms with E-state index in [0.29, 0.717) is 0 Å². The highest BCUT2D eigenvalue weighted by atomic mass is 35.5. The predicted molar refractivity (Wildman–Crippen MR) is 31.2 cm³/mol. The Labute approximate surface area is 52.8 Å².